The van der Waals surface area contributed by atoms with Crippen LogP contribution in [0.25, 0.3) is 16.9 Å². The first-order valence-electron chi connectivity index (χ1n) is 7.69. The lowest BCUT2D eigenvalue weighted by Gasteiger charge is -2.28. The molecule has 3 aromatic rings. The van der Waals surface area contributed by atoms with Gasteiger partial charge in [-0.3, -0.25) is 0 Å². The summed E-state index contributed by atoms with van der Waals surface area (Å²) in [7, 11) is 0. The molecule has 0 radical (unpaired) electrons. The van der Waals surface area contributed by atoms with E-state index in [0.717, 1.165) is 41.5 Å². The van der Waals surface area contributed by atoms with Crippen LogP contribution < -0.4 is 4.90 Å². The zero-order valence-corrected chi connectivity index (χ0v) is 12.9. The van der Waals surface area contributed by atoms with Crippen molar-refractivity contribution in [2.24, 2.45) is 0 Å². The second kappa shape index (κ2) is 5.55. The number of fused-ring (bicyclic) bond motifs is 1. The van der Waals surface area contributed by atoms with Crippen molar-refractivity contribution in [3.8, 4) is 17.0 Å². The molecule has 1 aromatic carbocycles. The maximum Gasteiger partial charge on any atom is 0.180 e. The third-order valence-corrected chi connectivity index (χ3v) is 4.01. The lowest BCUT2D eigenvalue weighted by atomic mass is 10.1. The van der Waals surface area contributed by atoms with E-state index >= 15 is 0 Å². The Hall–Kier alpha value is -2.60. The van der Waals surface area contributed by atoms with Gasteiger partial charge in [-0.25, -0.2) is 9.97 Å². The van der Waals surface area contributed by atoms with Gasteiger partial charge in [-0.1, -0.05) is 0 Å². The molecule has 0 bridgehead atoms. The van der Waals surface area contributed by atoms with Crippen LogP contribution in [0.5, 0.6) is 5.75 Å². The van der Waals surface area contributed by atoms with Crippen molar-refractivity contribution in [3.63, 3.8) is 0 Å². The lowest BCUT2D eigenvalue weighted by Crippen LogP contribution is -2.37. The molecular formula is C17H18N4O2. The molecule has 0 spiro atoms. The number of imidazole rings is 1. The summed E-state index contributed by atoms with van der Waals surface area (Å²) in [4.78, 5) is 11.7. The molecule has 23 heavy (non-hydrogen) atoms. The number of nitrogens with zero attached hydrogens (tertiary/aromatic N) is 4. The quantitative estimate of drug-likeness (QED) is 0.786. The second-order valence-corrected chi connectivity index (χ2v) is 5.71. The van der Waals surface area contributed by atoms with Gasteiger partial charge in [0.15, 0.2) is 11.5 Å². The molecule has 1 N–H and O–H groups in total. The Morgan fingerprint density at radius 3 is 2.52 bits per heavy atom. The Labute approximate surface area is 134 Å². The first-order chi connectivity index (χ1) is 11.2. The summed E-state index contributed by atoms with van der Waals surface area (Å²) in [6, 6.07) is 7.09. The fraction of sp³-hybridized carbons (Fsp3) is 0.294. The van der Waals surface area contributed by atoms with Gasteiger partial charge in [0.1, 0.15) is 5.75 Å². The van der Waals surface area contributed by atoms with Gasteiger partial charge in [-0.15, -0.1) is 0 Å². The highest BCUT2D eigenvalue weighted by molar-refractivity contribution is 5.71. The fourth-order valence-corrected chi connectivity index (χ4v) is 2.86. The zero-order chi connectivity index (χ0) is 15.8. The number of rotatable bonds is 2. The minimum absolute atomic E-state index is 0.252. The molecule has 3 heterocycles. The summed E-state index contributed by atoms with van der Waals surface area (Å²) in [6.45, 7) is 5.02. The highest BCUT2D eigenvalue weighted by Crippen LogP contribution is 2.26. The van der Waals surface area contributed by atoms with Gasteiger partial charge < -0.3 is 19.1 Å². The number of phenols is 1. The van der Waals surface area contributed by atoms with Gasteiger partial charge in [-0.05, 0) is 31.2 Å². The summed E-state index contributed by atoms with van der Waals surface area (Å²) in [5.74, 6) is 1.13. The van der Waals surface area contributed by atoms with Crippen LogP contribution in [0.3, 0.4) is 0 Å². The number of hydrogen-bond donors (Lipinski definition) is 1. The number of morpholine rings is 1. The first-order valence-corrected chi connectivity index (χ1v) is 7.69. The van der Waals surface area contributed by atoms with Gasteiger partial charge in [0, 0.05) is 31.0 Å². The minimum atomic E-state index is 0.252. The predicted molar refractivity (Wildman–Crippen MR) is 87.9 cm³/mol. The maximum atomic E-state index is 9.48. The van der Waals surface area contributed by atoms with Gasteiger partial charge in [0.05, 0.1) is 24.6 Å². The summed E-state index contributed by atoms with van der Waals surface area (Å²) in [6.07, 6.45) is 3.98. The standard InChI is InChI=1S/C17H18N4O2/c1-12-10-21-11-15(13-2-4-14(22)5-3-13)19-17(16(21)18-12)20-6-8-23-9-7-20/h2-5,10-11,22H,6-9H2,1H3. The van der Waals surface area contributed by atoms with Crippen LogP contribution in [-0.4, -0.2) is 45.8 Å². The van der Waals surface area contributed by atoms with Crippen LogP contribution >= 0.6 is 0 Å². The fourth-order valence-electron chi connectivity index (χ4n) is 2.86. The van der Waals surface area contributed by atoms with Crippen molar-refractivity contribution in [2.75, 3.05) is 31.2 Å². The van der Waals surface area contributed by atoms with Gasteiger partial charge in [0.25, 0.3) is 0 Å². The van der Waals surface area contributed by atoms with Crippen LogP contribution in [-0.2, 0) is 4.74 Å². The van der Waals surface area contributed by atoms with Crippen molar-refractivity contribution in [1.29, 1.82) is 0 Å². The van der Waals surface area contributed by atoms with Crippen LogP contribution in [0, 0.1) is 6.92 Å². The average Bonchev–Trinajstić information content (AvgIpc) is 2.95. The normalized spacial score (nSPS) is 15.3. The van der Waals surface area contributed by atoms with E-state index in [1.165, 1.54) is 0 Å². The molecule has 1 fully saturated rings. The van der Waals surface area contributed by atoms with Gasteiger partial charge in [0.2, 0.25) is 0 Å². The zero-order valence-electron chi connectivity index (χ0n) is 12.9. The number of ether oxygens (including phenoxy) is 1. The number of hydrogen-bond acceptors (Lipinski definition) is 5. The van der Waals surface area contributed by atoms with Crippen molar-refractivity contribution in [1.82, 2.24) is 14.4 Å². The van der Waals surface area contributed by atoms with Crippen LogP contribution in [0.1, 0.15) is 5.69 Å². The smallest absolute Gasteiger partial charge is 0.180 e. The molecule has 0 saturated carbocycles. The Morgan fingerprint density at radius 2 is 1.78 bits per heavy atom. The molecule has 0 aliphatic carbocycles. The van der Waals surface area contributed by atoms with Crippen molar-refractivity contribution in [2.45, 2.75) is 6.92 Å². The number of anilines is 1. The number of benzene rings is 1. The van der Waals surface area contributed by atoms with E-state index in [9.17, 15) is 5.11 Å². The van der Waals surface area contributed by atoms with Gasteiger partial charge in [-0.2, -0.15) is 0 Å². The number of aromatic nitrogens is 3. The van der Waals surface area contributed by atoms with E-state index in [1.54, 1.807) is 12.1 Å². The average molecular weight is 310 g/mol. The lowest BCUT2D eigenvalue weighted by molar-refractivity contribution is 0.122. The van der Waals surface area contributed by atoms with E-state index in [-0.39, 0.29) is 5.75 Å². The Morgan fingerprint density at radius 1 is 1.04 bits per heavy atom. The Bertz CT molecular complexity index is 836. The van der Waals surface area contributed by atoms with Crippen molar-refractivity contribution >= 4 is 11.5 Å². The maximum absolute atomic E-state index is 9.48. The summed E-state index contributed by atoms with van der Waals surface area (Å²) in [5, 5.41) is 9.48. The van der Waals surface area contributed by atoms with E-state index < -0.39 is 0 Å². The second-order valence-electron chi connectivity index (χ2n) is 5.71. The van der Waals surface area contributed by atoms with E-state index in [2.05, 4.69) is 9.88 Å². The number of aryl methyl sites for hydroxylation is 1. The third kappa shape index (κ3) is 2.61. The number of aromatic hydroxyl groups is 1. The molecule has 1 saturated heterocycles. The van der Waals surface area contributed by atoms with E-state index in [1.807, 2.05) is 35.9 Å². The van der Waals surface area contributed by atoms with Crippen LogP contribution in [0.2, 0.25) is 0 Å². The highest BCUT2D eigenvalue weighted by Gasteiger charge is 2.18. The molecule has 118 valence electrons. The largest absolute Gasteiger partial charge is 0.508 e. The predicted octanol–water partition coefficient (Wildman–Crippen LogP) is 2.25. The van der Waals surface area contributed by atoms with Crippen molar-refractivity contribution in [3.05, 3.63) is 42.4 Å². The molecule has 1 aliphatic heterocycles. The molecule has 1 aliphatic rings. The first kappa shape index (κ1) is 14.0. The Kier molecular flexibility index (Phi) is 3.38. The topological polar surface area (TPSA) is 62.9 Å². The molecule has 0 unspecified atom stereocenters. The van der Waals surface area contributed by atoms with Crippen LogP contribution in [0.4, 0.5) is 5.82 Å². The number of phenolic OH excluding ortho intramolecular Hbond substituents is 1. The minimum Gasteiger partial charge on any atom is -0.508 e. The molecule has 4 rings (SSSR count). The van der Waals surface area contributed by atoms with Crippen molar-refractivity contribution < 1.29 is 9.84 Å². The SMILES string of the molecule is Cc1cn2cc(-c3ccc(O)cc3)nc(N3CCOCC3)c2n1. The summed E-state index contributed by atoms with van der Waals surface area (Å²) < 4.78 is 7.47. The third-order valence-electron chi connectivity index (χ3n) is 4.01. The highest BCUT2D eigenvalue weighted by atomic mass is 16.5. The summed E-state index contributed by atoms with van der Waals surface area (Å²) >= 11 is 0. The molecule has 0 atom stereocenters. The van der Waals surface area contributed by atoms with E-state index in [4.69, 9.17) is 9.72 Å². The molecule has 2 aromatic heterocycles. The van der Waals surface area contributed by atoms with Crippen LogP contribution in [0.15, 0.2) is 36.7 Å². The molecule has 0 amide bonds. The molecule has 6 nitrogen and oxygen atoms in total. The van der Waals surface area contributed by atoms with E-state index in [0.29, 0.717) is 13.2 Å². The monoisotopic (exact) mass is 310 g/mol. The molecular weight excluding hydrogens is 292 g/mol. The van der Waals surface area contributed by atoms with Gasteiger partial charge >= 0.3 is 0 Å². The Balaban J connectivity index is 1.87. The molecule has 6 heteroatoms. The summed E-state index contributed by atoms with van der Waals surface area (Å²) in [5.41, 5.74) is 3.65.